The minimum absolute atomic E-state index is 0.0382. The topological polar surface area (TPSA) is 70.2 Å². The zero-order valence-electron chi connectivity index (χ0n) is 13.0. The Balaban J connectivity index is 2.10. The van der Waals surface area contributed by atoms with Crippen molar-refractivity contribution >= 4 is 29.1 Å². The number of thiazole rings is 1. The van der Waals surface area contributed by atoms with Crippen molar-refractivity contribution in [2.45, 2.75) is 37.1 Å². The summed E-state index contributed by atoms with van der Waals surface area (Å²) in [6.07, 6.45) is 0. The molecule has 0 unspecified atom stereocenters. The molecule has 2 N–H and O–H groups in total. The quantitative estimate of drug-likeness (QED) is 0.863. The summed E-state index contributed by atoms with van der Waals surface area (Å²) in [5.74, 6) is -1.35. The average Bonchev–Trinajstić information content (AvgIpc) is 2.85. The summed E-state index contributed by atoms with van der Waals surface area (Å²) in [4.78, 5) is 26.7. The van der Waals surface area contributed by atoms with Crippen molar-refractivity contribution in [3.8, 4) is 0 Å². The van der Waals surface area contributed by atoms with Crippen molar-refractivity contribution in [3.63, 3.8) is 0 Å². The summed E-state index contributed by atoms with van der Waals surface area (Å²) in [7, 11) is 0. The minimum atomic E-state index is -0.950. The number of benzene rings is 1. The first kappa shape index (κ1) is 16.1. The molecule has 1 aromatic carbocycles. The molecule has 23 heavy (non-hydrogen) atoms. The number of carboxylic acids is 1. The second-order valence-corrected chi connectivity index (χ2v) is 8.40. The lowest BCUT2D eigenvalue weighted by atomic mass is 9.84. The Kier molecular flexibility index (Phi) is 3.98. The number of hydrogen-bond donors (Lipinski definition) is 2. The average molecular weight is 347 g/mol. The molecule has 2 heterocycles. The van der Waals surface area contributed by atoms with Crippen LogP contribution in [-0.2, 0) is 10.2 Å². The van der Waals surface area contributed by atoms with Crippen molar-refractivity contribution in [2.24, 2.45) is 0 Å². The standard InChI is InChI=1S/C17H17NO3S2/c1-17(2,3)10-6-4-9(5-7-10)12-11(15(19)20)8-22-14-13(12)23-16(21)18-14/h4-8,12H,1-3H3,(H,18,21)(H,19,20)/t12-/m1/s1. The first-order valence-electron chi connectivity index (χ1n) is 7.21. The van der Waals surface area contributed by atoms with E-state index in [4.69, 9.17) is 0 Å². The van der Waals surface area contributed by atoms with Crippen LogP contribution in [0.15, 0.2) is 45.1 Å². The van der Waals surface area contributed by atoms with E-state index < -0.39 is 11.9 Å². The first-order valence-corrected chi connectivity index (χ1v) is 8.90. The van der Waals surface area contributed by atoms with Gasteiger partial charge in [0.05, 0.1) is 21.4 Å². The fourth-order valence-electron chi connectivity index (χ4n) is 2.62. The van der Waals surface area contributed by atoms with Gasteiger partial charge in [-0.25, -0.2) is 4.79 Å². The highest BCUT2D eigenvalue weighted by Crippen LogP contribution is 2.44. The fraction of sp³-hybridized carbons (Fsp3) is 0.294. The van der Waals surface area contributed by atoms with Gasteiger partial charge in [0.2, 0.25) is 0 Å². The number of carboxylic acid groups (broad SMARTS) is 1. The van der Waals surface area contributed by atoms with Gasteiger partial charge in [0.15, 0.2) is 0 Å². The molecular weight excluding hydrogens is 330 g/mol. The number of hydrogen-bond acceptors (Lipinski definition) is 4. The highest BCUT2D eigenvalue weighted by atomic mass is 32.2. The molecule has 120 valence electrons. The summed E-state index contributed by atoms with van der Waals surface area (Å²) in [6, 6.07) is 8.00. The Hall–Kier alpha value is -1.79. The Bertz CT molecular complexity index is 838. The number of nitrogens with one attached hydrogen (secondary N) is 1. The molecule has 1 aromatic heterocycles. The predicted molar refractivity (Wildman–Crippen MR) is 93.5 cm³/mol. The zero-order valence-corrected chi connectivity index (χ0v) is 14.7. The molecule has 4 nitrogen and oxygen atoms in total. The Labute approximate surface area is 142 Å². The third-order valence-corrected chi connectivity index (χ3v) is 5.88. The largest absolute Gasteiger partial charge is 0.478 e. The number of rotatable bonds is 2. The van der Waals surface area contributed by atoms with E-state index in [1.54, 1.807) is 5.41 Å². The van der Waals surface area contributed by atoms with Crippen LogP contribution in [0.2, 0.25) is 0 Å². The molecule has 1 aliphatic heterocycles. The second-order valence-electron chi connectivity index (χ2n) is 6.51. The summed E-state index contributed by atoms with van der Waals surface area (Å²) >= 11 is 2.35. The van der Waals surface area contributed by atoms with Crippen LogP contribution in [0, 0.1) is 0 Å². The van der Waals surface area contributed by atoms with Crippen LogP contribution in [0.25, 0.3) is 0 Å². The molecule has 1 aliphatic rings. The predicted octanol–water partition coefficient (Wildman–Crippen LogP) is 3.94. The summed E-state index contributed by atoms with van der Waals surface area (Å²) in [5, 5.41) is 11.9. The first-order chi connectivity index (χ1) is 10.8. The van der Waals surface area contributed by atoms with E-state index in [0.29, 0.717) is 5.57 Å². The van der Waals surface area contributed by atoms with E-state index in [-0.39, 0.29) is 10.3 Å². The normalized spacial score (nSPS) is 17.5. The molecule has 2 aromatic rings. The fourth-order valence-corrected chi connectivity index (χ4v) is 4.69. The van der Waals surface area contributed by atoms with Crippen LogP contribution in [0.4, 0.5) is 0 Å². The van der Waals surface area contributed by atoms with Gasteiger partial charge in [-0.2, -0.15) is 0 Å². The summed E-state index contributed by atoms with van der Waals surface area (Å²) < 4.78 is 0. The van der Waals surface area contributed by atoms with Crippen LogP contribution in [0.1, 0.15) is 42.7 Å². The summed E-state index contributed by atoms with van der Waals surface area (Å²) in [5.41, 5.74) is 2.43. The number of aliphatic carboxylic acids is 1. The van der Waals surface area contributed by atoms with Gasteiger partial charge in [-0.3, -0.25) is 4.79 Å². The van der Waals surface area contributed by atoms with Gasteiger partial charge < -0.3 is 10.1 Å². The molecular formula is C17H17NO3S2. The monoisotopic (exact) mass is 347 g/mol. The Morgan fingerprint density at radius 3 is 2.43 bits per heavy atom. The lowest BCUT2D eigenvalue weighted by Gasteiger charge is -2.23. The number of carbonyl (C=O) groups is 1. The Morgan fingerprint density at radius 1 is 1.22 bits per heavy atom. The zero-order chi connectivity index (χ0) is 16.8. The SMILES string of the molecule is CC(C)(C)c1ccc([C@@H]2C(C(=O)O)=CSc3[nH]c(=O)sc32)cc1. The number of thioether (sulfide) groups is 1. The van der Waals surface area contributed by atoms with Gasteiger partial charge in [0, 0.05) is 0 Å². The van der Waals surface area contributed by atoms with Crippen LogP contribution in [0.3, 0.4) is 0 Å². The highest BCUT2D eigenvalue weighted by Gasteiger charge is 2.32. The van der Waals surface area contributed by atoms with Gasteiger partial charge in [-0.15, -0.1) is 0 Å². The number of H-pyrrole nitrogens is 1. The van der Waals surface area contributed by atoms with Crippen molar-refractivity contribution in [3.05, 3.63) is 60.9 Å². The van der Waals surface area contributed by atoms with E-state index in [0.717, 1.165) is 26.8 Å². The van der Waals surface area contributed by atoms with Crippen LogP contribution in [-0.4, -0.2) is 16.1 Å². The number of aromatic nitrogens is 1. The molecule has 3 rings (SSSR count). The maximum absolute atomic E-state index is 11.7. The minimum Gasteiger partial charge on any atom is -0.478 e. The lowest BCUT2D eigenvalue weighted by molar-refractivity contribution is -0.132. The van der Waals surface area contributed by atoms with Gasteiger partial charge in [-0.1, -0.05) is 68.1 Å². The molecule has 0 aliphatic carbocycles. The number of aromatic amines is 1. The van der Waals surface area contributed by atoms with E-state index in [2.05, 4.69) is 25.8 Å². The molecule has 0 bridgehead atoms. The van der Waals surface area contributed by atoms with E-state index >= 15 is 0 Å². The van der Waals surface area contributed by atoms with Gasteiger partial charge in [0.25, 0.3) is 0 Å². The van der Waals surface area contributed by atoms with Crippen molar-refractivity contribution < 1.29 is 9.90 Å². The smallest absolute Gasteiger partial charge is 0.333 e. The van der Waals surface area contributed by atoms with E-state index in [1.165, 1.54) is 17.3 Å². The molecule has 0 fully saturated rings. The molecule has 0 saturated carbocycles. The molecule has 0 amide bonds. The summed E-state index contributed by atoms with van der Waals surface area (Å²) in [6.45, 7) is 6.41. The van der Waals surface area contributed by atoms with Gasteiger partial charge in [-0.05, 0) is 21.9 Å². The van der Waals surface area contributed by atoms with Gasteiger partial charge >= 0.3 is 10.8 Å². The van der Waals surface area contributed by atoms with Crippen LogP contribution in [0.5, 0.6) is 0 Å². The van der Waals surface area contributed by atoms with Crippen molar-refractivity contribution in [1.29, 1.82) is 0 Å². The van der Waals surface area contributed by atoms with Crippen LogP contribution < -0.4 is 4.87 Å². The molecule has 0 saturated heterocycles. The maximum Gasteiger partial charge on any atom is 0.333 e. The van der Waals surface area contributed by atoms with E-state index in [1.807, 2.05) is 24.3 Å². The van der Waals surface area contributed by atoms with E-state index in [9.17, 15) is 14.7 Å². The lowest BCUT2D eigenvalue weighted by Crippen LogP contribution is -2.15. The molecule has 1 atom stereocenters. The highest BCUT2D eigenvalue weighted by molar-refractivity contribution is 8.02. The second kappa shape index (κ2) is 5.69. The third-order valence-electron chi connectivity index (χ3n) is 3.88. The Morgan fingerprint density at radius 2 is 1.87 bits per heavy atom. The molecule has 0 radical (unpaired) electrons. The molecule has 0 spiro atoms. The maximum atomic E-state index is 11.7. The number of fused-ring (bicyclic) bond motifs is 1. The third kappa shape index (κ3) is 3.01. The van der Waals surface area contributed by atoms with Crippen molar-refractivity contribution in [1.82, 2.24) is 4.98 Å². The van der Waals surface area contributed by atoms with Crippen LogP contribution >= 0.6 is 23.1 Å². The molecule has 6 heteroatoms. The van der Waals surface area contributed by atoms with Gasteiger partial charge in [0.1, 0.15) is 0 Å². The van der Waals surface area contributed by atoms with Crippen molar-refractivity contribution in [2.75, 3.05) is 0 Å².